The van der Waals surface area contributed by atoms with Crippen molar-refractivity contribution in [3.63, 3.8) is 0 Å². The van der Waals surface area contributed by atoms with Gasteiger partial charge in [-0.15, -0.1) is 0 Å². The summed E-state index contributed by atoms with van der Waals surface area (Å²) in [6, 6.07) is 0. The van der Waals surface area contributed by atoms with Crippen molar-refractivity contribution < 1.29 is 49.3 Å². The van der Waals surface area contributed by atoms with E-state index in [4.69, 9.17) is 18.9 Å². The van der Waals surface area contributed by atoms with Crippen LogP contribution in [0, 0.1) is 35.5 Å². The summed E-state index contributed by atoms with van der Waals surface area (Å²) >= 11 is 0. The van der Waals surface area contributed by atoms with Crippen molar-refractivity contribution in [2.75, 3.05) is 14.2 Å². The van der Waals surface area contributed by atoms with Gasteiger partial charge in [0.1, 0.15) is 12.2 Å². The molecule has 0 saturated carbocycles. The Morgan fingerprint density at radius 1 is 1.10 bits per heavy atom. The minimum Gasteiger partial charge on any atom is -0.490 e. The number of ether oxygens (including phenoxy) is 4. The molecule has 280 valence electrons. The lowest BCUT2D eigenvalue weighted by Gasteiger charge is -2.47. The lowest BCUT2D eigenvalue weighted by atomic mass is 9.77. The second-order valence-corrected chi connectivity index (χ2v) is 14.4. The van der Waals surface area contributed by atoms with Crippen LogP contribution in [0.1, 0.15) is 81.6 Å². The number of allylic oxidation sites excluding steroid dienone is 6. The molecule has 1 unspecified atom stereocenters. The smallest absolute Gasteiger partial charge is 0.373 e. The number of methoxy groups -OCH3 is 2. The number of esters is 1. The molecule has 10 nitrogen and oxygen atoms in total. The fourth-order valence-corrected chi connectivity index (χ4v) is 7.18. The molecule has 49 heavy (non-hydrogen) atoms. The Balaban J connectivity index is 2.59. The van der Waals surface area contributed by atoms with Crippen LogP contribution in [0.5, 0.6) is 0 Å². The van der Waals surface area contributed by atoms with Crippen molar-refractivity contribution in [2.45, 2.75) is 130 Å². The highest BCUT2D eigenvalue weighted by molar-refractivity contribution is 5.87. The Kier molecular flexibility index (Phi) is 16.9. The maximum Gasteiger partial charge on any atom is 0.373 e. The van der Waals surface area contributed by atoms with Crippen LogP contribution >= 0.6 is 0 Å². The highest BCUT2D eigenvalue weighted by Crippen LogP contribution is 2.40. The van der Waals surface area contributed by atoms with E-state index in [9.17, 15) is 30.3 Å². The normalized spacial score (nSPS) is 41.8. The number of aliphatic hydroxyl groups is 5. The van der Waals surface area contributed by atoms with Gasteiger partial charge in [-0.05, 0) is 45.6 Å². The number of hydrogen-bond donors (Lipinski definition) is 5. The standard InChI is InChI=1S/C39H64O10/c1-12-15-31-26(7)30(40)21-39(45,49-31)28(9)36(43)27(8)37-32(46-10)17-14-16-22(3)18-24(5)34(41)29(13-2)35(42)25(6)19-23(4)20-33(47-11)38(44)48-37/h12,14-17,19-20,24-32,34-37,40-43,45H,13,18,21H2,1-11H3/b15-12+,17-14-,22-16-,23-19-,33-20+/t24-,25-,26+,27+,28+,29+,30-,31-,32-,34+,35-,36-,37?,39-/m1/s1. The van der Waals surface area contributed by atoms with Crippen LogP contribution in [0.15, 0.2) is 59.4 Å². The van der Waals surface area contributed by atoms with Gasteiger partial charge in [0.25, 0.3) is 0 Å². The molecule has 0 bridgehead atoms. The van der Waals surface area contributed by atoms with Crippen molar-refractivity contribution in [3.05, 3.63) is 59.4 Å². The van der Waals surface area contributed by atoms with Gasteiger partial charge in [0, 0.05) is 43.1 Å². The van der Waals surface area contributed by atoms with Crippen molar-refractivity contribution in [2.24, 2.45) is 35.5 Å². The van der Waals surface area contributed by atoms with Gasteiger partial charge in [-0.25, -0.2) is 4.79 Å². The summed E-state index contributed by atoms with van der Waals surface area (Å²) in [5.41, 5.74) is 1.64. The predicted octanol–water partition coefficient (Wildman–Crippen LogP) is 5.00. The van der Waals surface area contributed by atoms with Gasteiger partial charge in [0.05, 0.1) is 37.6 Å². The minimum atomic E-state index is -1.86. The van der Waals surface area contributed by atoms with Crippen LogP contribution in [0.4, 0.5) is 0 Å². The highest BCUT2D eigenvalue weighted by atomic mass is 16.6. The van der Waals surface area contributed by atoms with Crippen molar-refractivity contribution in [1.82, 2.24) is 0 Å². The zero-order valence-electron chi connectivity index (χ0n) is 31.4. The quantitative estimate of drug-likeness (QED) is 0.173. The van der Waals surface area contributed by atoms with E-state index in [1.54, 1.807) is 45.1 Å². The molecule has 0 aromatic rings. The molecule has 0 aromatic carbocycles. The van der Waals surface area contributed by atoms with E-state index >= 15 is 0 Å². The number of hydrogen-bond acceptors (Lipinski definition) is 10. The molecule has 2 rings (SSSR count). The molecule has 0 aliphatic carbocycles. The average molecular weight is 693 g/mol. The van der Waals surface area contributed by atoms with Gasteiger partial charge >= 0.3 is 5.97 Å². The molecular formula is C39H64O10. The van der Waals surface area contributed by atoms with Gasteiger partial charge in [-0.1, -0.05) is 89.1 Å². The third-order valence-corrected chi connectivity index (χ3v) is 10.6. The fourth-order valence-electron chi connectivity index (χ4n) is 7.18. The Morgan fingerprint density at radius 2 is 1.76 bits per heavy atom. The first-order chi connectivity index (χ1) is 23.0. The lowest BCUT2D eigenvalue weighted by molar-refractivity contribution is -0.313. The van der Waals surface area contributed by atoms with E-state index in [1.165, 1.54) is 20.3 Å². The number of aliphatic hydroxyl groups excluding tert-OH is 4. The maximum absolute atomic E-state index is 13.7. The van der Waals surface area contributed by atoms with Crippen molar-refractivity contribution in [3.8, 4) is 0 Å². The van der Waals surface area contributed by atoms with Crippen LogP contribution in [-0.2, 0) is 23.7 Å². The number of carbonyl (C=O) groups is 1. The minimum absolute atomic E-state index is 0.0906. The number of rotatable bonds is 8. The average Bonchev–Trinajstić information content (AvgIpc) is 3.05. The second kappa shape index (κ2) is 19.3. The molecular weight excluding hydrogens is 628 g/mol. The summed E-state index contributed by atoms with van der Waals surface area (Å²) in [7, 11) is 2.84. The van der Waals surface area contributed by atoms with Crippen LogP contribution in [0.3, 0.4) is 0 Å². The SMILES string of the molecule is C/C=C/[C@H]1O[C@@](O)([C@@H](C)[C@H](O)[C@H](C)C2OC(=O)/C(OC)=C\C(C)=C/[C@@H](C)[C@@H](O)[C@@H](CC)[C@@H](O)[C@H](C)C/C(C)=C\C=C/[C@H]2OC)C[C@@H](O)[C@@H]1C. The maximum atomic E-state index is 13.7. The van der Waals surface area contributed by atoms with Crippen molar-refractivity contribution >= 4 is 5.97 Å². The van der Waals surface area contributed by atoms with E-state index in [2.05, 4.69) is 0 Å². The molecule has 0 radical (unpaired) electrons. The largest absolute Gasteiger partial charge is 0.490 e. The van der Waals surface area contributed by atoms with E-state index in [0.717, 1.165) is 5.57 Å². The third kappa shape index (κ3) is 11.1. The fraction of sp³-hybridized carbons (Fsp3) is 0.718. The molecule has 1 fully saturated rings. The molecule has 2 heterocycles. The summed E-state index contributed by atoms with van der Waals surface area (Å²) in [4.78, 5) is 13.7. The van der Waals surface area contributed by atoms with Gasteiger partial charge in [-0.3, -0.25) is 0 Å². The molecule has 0 aromatic heterocycles. The number of cyclic esters (lactones) is 1. The van der Waals surface area contributed by atoms with E-state index in [-0.39, 0.29) is 35.9 Å². The lowest BCUT2D eigenvalue weighted by Crippen LogP contribution is -2.58. The van der Waals surface area contributed by atoms with Gasteiger partial charge < -0.3 is 44.5 Å². The van der Waals surface area contributed by atoms with Gasteiger partial charge in [-0.2, -0.15) is 0 Å². The summed E-state index contributed by atoms with van der Waals surface area (Å²) in [6.07, 6.45) is 7.35. The molecule has 5 N–H and O–H groups in total. The first-order valence-corrected chi connectivity index (χ1v) is 17.7. The van der Waals surface area contributed by atoms with Crippen LogP contribution in [0.25, 0.3) is 0 Å². The summed E-state index contributed by atoms with van der Waals surface area (Å²) in [6.45, 7) is 16.6. The zero-order chi connectivity index (χ0) is 37.2. The highest BCUT2D eigenvalue weighted by Gasteiger charge is 2.50. The first-order valence-electron chi connectivity index (χ1n) is 17.7. The molecule has 2 aliphatic rings. The molecule has 0 spiro atoms. The Bertz CT molecular complexity index is 1210. The van der Waals surface area contributed by atoms with E-state index in [0.29, 0.717) is 18.4 Å². The van der Waals surface area contributed by atoms with Crippen LogP contribution < -0.4 is 0 Å². The molecule has 14 atom stereocenters. The predicted molar refractivity (Wildman–Crippen MR) is 190 cm³/mol. The van der Waals surface area contributed by atoms with E-state index in [1.807, 2.05) is 53.7 Å². The molecule has 1 saturated heterocycles. The van der Waals surface area contributed by atoms with Gasteiger partial charge in [0.2, 0.25) is 5.76 Å². The number of carbonyl (C=O) groups excluding carboxylic acids is 1. The second-order valence-electron chi connectivity index (χ2n) is 14.4. The topological polar surface area (TPSA) is 155 Å². The van der Waals surface area contributed by atoms with Crippen LogP contribution in [0.2, 0.25) is 0 Å². The Labute approximate surface area is 294 Å². The van der Waals surface area contributed by atoms with Crippen molar-refractivity contribution in [1.29, 1.82) is 0 Å². The monoisotopic (exact) mass is 692 g/mol. The first kappa shape index (κ1) is 42.9. The summed E-state index contributed by atoms with van der Waals surface area (Å²) in [5, 5.41) is 56.7. The van der Waals surface area contributed by atoms with E-state index < -0.39 is 66.3 Å². The third-order valence-electron chi connectivity index (χ3n) is 10.6. The molecule has 10 heteroatoms. The Morgan fingerprint density at radius 3 is 2.33 bits per heavy atom. The summed E-state index contributed by atoms with van der Waals surface area (Å²) < 4.78 is 23.4. The Hall–Kier alpha value is -2.31. The molecule has 0 amide bonds. The van der Waals surface area contributed by atoms with Crippen LogP contribution in [-0.4, -0.2) is 94.2 Å². The zero-order valence-corrected chi connectivity index (χ0v) is 31.4. The molecule has 2 aliphatic heterocycles. The van der Waals surface area contributed by atoms with Gasteiger partial charge in [0.15, 0.2) is 5.79 Å². The summed E-state index contributed by atoms with van der Waals surface area (Å²) in [5.74, 6) is -5.49.